The second-order valence-corrected chi connectivity index (χ2v) is 4.41. The van der Waals surface area contributed by atoms with E-state index in [0.717, 1.165) is 17.0 Å². The molecule has 5 heteroatoms. The fourth-order valence-electron chi connectivity index (χ4n) is 2.05. The molecule has 0 saturated heterocycles. The molecule has 0 unspecified atom stereocenters. The van der Waals surface area contributed by atoms with Crippen molar-refractivity contribution >= 4 is 11.9 Å². The first kappa shape index (κ1) is 13.3. The van der Waals surface area contributed by atoms with Crippen molar-refractivity contribution in [2.45, 2.75) is 0 Å². The summed E-state index contributed by atoms with van der Waals surface area (Å²) in [5.41, 5.74) is 1.62. The lowest BCUT2D eigenvalue weighted by Gasteiger charge is -2.06. The molecule has 0 spiro atoms. The molecule has 1 aliphatic heterocycles. The molecule has 0 aliphatic carbocycles. The standard InChI is InChI=1S/C16H15NO4/c1-18-13-5-3-4-12(7-13)17-9-11-6-15-16(21-10-20-15)8-14(11)19-2/h3-9H,10H2,1-2H3. The molecule has 0 fully saturated rings. The monoisotopic (exact) mass is 285 g/mol. The fourth-order valence-corrected chi connectivity index (χ4v) is 2.05. The van der Waals surface area contributed by atoms with E-state index >= 15 is 0 Å². The van der Waals surface area contributed by atoms with Gasteiger partial charge in [0.15, 0.2) is 11.5 Å². The van der Waals surface area contributed by atoms with Crippen molar-refractivity contribution in [1.29, 1.82) is 0 Å². The third-order valence-corrected chi connectivity index (χ3v) is 3.13. The van der Waals surface area contributed by atoms with Crippen LogP contribution in [0.4, 0.5) is 5.69 Å². The Balaban J connectivity index is 1.91. The smallest absolute Gasteiger partial charge is 0.231 e. The molecule has 0 saturated carbocycles. The van der Waals surface area contributed by atoms with Gasteiger partial charge in [-0.15, -0.1) is 0 Å². The second-order valence-electron chi connectivity index (χ2n) is 4.41. The Morgan fingerprint density at radius 1 is 1.05 bits per heavy atom. The van der Waals surface area contributed by atoms with Gasteiger partial charge in [0.25, 0.3) is 0 Å². The number of methoxy groups -OCH3 is 2. The van der Waals surface area contributed by atoms with Crippen LogP contribution in [0.25, 0.3) is 0 Å². The summed E-state index contributed by atoms with van der Waals surface area (Å²) < 4.78 is 21.2. The molecule has 0 aromatic heterocycles. The van der Waals surface area contributed by atoms with Gasteiger partial charge in [0.05, 0.1) is 19.9 Å². The van der Waals surface area contributed by atoms with Crippen molar-refractivity contribution < 1.29 is 18.9 Å². The number of fused-ring (bicyclic) bond motifs is 1. The highest BCUT2D eigenvalue weighted by Gasteiger charge is 2.16. The Bertz CT molecular complexity index is 682. The van der Waals surface area contributed by atoms with Crippen LogP contribution in [0.5, 0.6) is 23.0 Å². The van der Waals surface area contributed by atoms with Crippen molar-refractivity contribution in [2.24, 2.45) is 4.99 Å². The molecule has 1 aliphatic rings. The minimum absolute atomic E-state index is 0.231. The molecular weight excluding hydrogens is 270 g/mol. The average molecular weight is 285 g/mol. The highest BCUT2D eigenvalue weighted by atomic mass is 16.7. The Labute approximate surface area is 122 Å². The van der Waals surface area contributed by atoms with Crippen LogP contribution in [0, 0.1) is 0 Å². The van der Waals surface area contributed by atoms with Gasteiger partial charge in [-0.25, -0.2) is 0 Å². The van der Waals surface area contributed by atoms with Gasteiger partial charge in [-0.05, 0) is 18.2 Å². The van der Waals surface area contributed by atoms with E-state index in [1.165, 1.54) is 0 Å². The zero-order valence-electron chi connectivity index (χ0n) is 11.8. The van der Waals surface area contributed by atoms with Gasteiger partial charge in [0.2, 0.25) is 6.79 Å². The number of aliphatic imine (C=N–C) groups is 1. The maximum absolute atomic E-state index is 5.37. The van der Waals surface area contributed by atoms with E-state index in [4.69, 9.17) is 18.9 Å². The van der Waals surface area contributed by atoms with Crippen LogP contribution < -0.4 is 18.9 Å². The third-order valence-electron chi connectivity index (χ3n) is 3.13. The summed E-state index contributed by atoms with van der Waals surface area (Å²) in [5, 5.41) is 0. The SMILES string of the molecule is COc1cccc(N=Cc2cc3c(cc2OC)OCO3)c1. The molecule has 0 radical (unpaired) electrons. The van der Waals surface area contributed by atoms with Crippen molar-refractivity contribution in [3.63, 3.8) is 0 Å². The largest absolute Gasteiger partial charge is 0.497 e. The van der Waals surface area contributed by atoms with Gasteiger partial charge in [-0.2, -0.15) is 0 Å². The maximum Gasteiger partial charge on any atom is 0.231 e. The number of hydrogen-bond acceptors (Lipinski definition) is 5. The minimum atomic E-state index is 0.231. The Morgan fingerprint density at radius 3 is 2.62 bits per heavy atom. The van der Waals surface area contributed by atoms with E-state index in [1.54, 1.807) is 26.5 Å². The van der Waals surface area contributed by atoms with Gasteiger partial charge in [-0.3, -0.25) is 4.99 Å². The summed E-state index contributed by atoms with van der Waals surface area (Å²) in [5.74, 6) is 2.83. The number of benzene rings is 2. The Hall–Kier alpha value is -2.69. The van der Waals surface area contributed by atoms with Crippen LogP contribution in [-0.4, -0.2) is 27.2 Å². The van der Waals surface area contributed by atoms with Crippen molar-refractivity contribution in [2.75, 3.05) is 21.0 Å². The first-order chi connectivity index (χ1) is 10.3. The van der Waals surface area contributed by atoms with E-state index in [2.05, 4.69) is 4.99 Å². The summed E-state index contributed by atoms with van der Waals surface area (Å²) in [7, 11) is 3.24. The van der Waals surface area contributed by atoms with Crippen molar-refractivity contribution in [3.05, 3.63) is 42.0 Å². The Morgan fingerprint density at radius 2 is 1.86 bits per heavy atom. The predicted octanol–water partition coefficient (Wildman–Crippen LogP) is 3.18. The molecule has 1 heterocycles. The van der Waals surface area contributed by atoms with Crippen LogP contribution in [0.15, 0.2) is 41.4 Å². The van der Waals surface area contributed by atoms with Crippen LogP contribution >= 0.6 is 0 Å². The Kier molecular flexibility index (Phi) is 3.64. The van der Waals surface area contributed by atoms with Crippen LogP contribution in [-0.2, 0) is 0 Å². The molecule has 21 heavy (non-hydrogen) atoms. The van der Waals surface area contributed by atoms with E-state index in [9.17, 15) is 0 Å². The van der Waals surface area contributed by atoms with Crippen LogP contribution in [0.1, 0.15) is 5.56 Å². The molecular formula is C16H15NO4. The summed E-state index contributed by atoms with van der Waals surface area (Å²) in [6.45, 7) is 0.231. The van der Waals surface area contributed by atoms with Crippen LogP contribution in [0.2, 0.25) is 0 Å². The van der Waals surface area contributed by atoms with E-state index in [1.807, 2.05) is 30.3 Å². The molecule has 2 aromatic carbocycles. The van der Waals surface area contributed by atoms with Gasteiger partial charge in [0, 0.05) is 23.9 Å². The molecule has 2 aromatic rings. The highest BCUT2D eigenvalue weighted by Crippen LogP contribution is 2.37. The van der Waals surface area contributed by atoms with Gasteiger partial charge in [0.1, 0.15) is 11.5 Å². The molecule has 0 atom stereocenters. The highest BCUT2D eigenvalue weighted by molar-refractivity contribution is 5.87. The number of nitrogens with zero attached hydrogens (tertiary/aromatic N) is 1. The third kappa shape index (κ3) is 2.76. The predicted molar refractivity (Wildman–Crippen MR) is 79.4 cm³/mol. The summed E-state index contributed by atoms with van der Waals surface area (Å²) >= 11 is 0. The quantitative estimate of drug-likeness (QED) is 0.809. The summed E-state index contributed by atoms with van der Waals surface area (Å²) in [6, 6.07) is 11.2. The number of rotatable bonds is 4. The zero-order valence-corrected chi connectivity index (χ0v) is 11.8. The summed E-state index contributed by atoms with van der Waals surface area (Å²) in [6.07, 6.45) is 1.73. The van der Waals surface area contributed by atoms with E-state index in [0.29, 0.717) is 17.2 Å². The molecule has 108 valence electrons. The van der Waals surface area contributed by atoms with Crippen LogP contribution in [0.3, 0.4) is 0 Å². The molecule has 0 N–H and O–H groups in total. The first-order valence-electron chi connectivity index (χ1n) is 6.46. The maximum atomic E-state index is 5.37. The van der Waals surface area contributed by atoms with Gasteiger partial charge >= 0.3 is 0 Å². The normalized spacial score (nSPS) is 12.7. The first-order valence-corrected chi connectivity index (χ1v) is 6.46. The lowest BCUT2D eigenvalue weighted by atomic mass is 10.2. The second kappa shape index (κ2) is 5.75. The lowest BCUT2D eigenvalue weighted by molar-refractivity contribution is 0.174. The molecule has 3 rings (SSSR count). The molecule has 5 nitrogen and oxygen atoms in total. The molecule has 0 amide bonds. The number of ether oxygens (including phenoxy) is 4. The average Bonchev–Trinajstić information content (AvgIpc) is 2.99. The fraction of sp³-hybridized carbons (Fsp3) is 0.188. The van der Waals surface area contributed by atoms with Crippen molar-refractivity contribution in [1.82, 2.24) is 0 Å². The van der Waals surface area contributed by atoms with E-state index < -0.39 is 0 Å². The van der Waals surface area contributed by atoms with Gasteiger partial charge in [-0.1, -0.05) is 6.07 Å². The zero-order chi connectivity index (χ0) is 14.7. The lowest BCUT2D eigenvalue weighted by Crippen LogP contribution is -1.92. The topological polar surface area (TPSA) is 49.3 Å². The van der Waals surface area contributed by atoms with Crippen molar-refractivity contribution in [3.8, 4) is 23.0 Å². The minimum Gasteiger partial charge on any atom is -0.497 e. The number of hydrogen-bond donors (Lipinski definition) is 0. The van der Waals surface area contributed by atoms with Gasteiger partial charge < -0.3 is 18.9 Å². The summed E-state index contributed by atoms with van der Waals surface area (Å²) in [4.78, 5) is 4.44. The van der Waals surface area contributed by atoms with E-state index in [-0.39, 0.29) is 6.79 Å². The molecule has 0 bridgehead atoms.